The van der Waals surface area contributed by atoms with E-state index >= 15 is 0 Å². The van der Waals surface area contributed by atoms with E-state index in [0.717, 1.165) is 30.0 Å². The van der Waals surface area contributed by atoms with Crippen molar-refractivity contribution in [1.82, 2.24) is 5.32 Å². The summed E-state index contributed by atoms with van der Waals surface area (Å²) >= 11 is 0. The summed E-state index contributed by atoms with van der Waals surface area (Å²) in [7, 11) is 0. The fourth-order valence-electron chi connectivity index (χ4n) is 2.26. The maximum absolute atomic E-state index is 5.80. The molecule has 102 valence electrons. The van der Waals surface area contributed by atoms with Gasteiger partial charge in [-0.1, -0.05) is 5.92 Å². The van der Waals surface area contributed by atoms with E-state index in [1.165, 1.54) is 5.56 Å². The third-order valence-corrected chi connectivity index (χ3v) is 3.08. The van der Waals surface area contributed by atoms with Gasteiger partial charge in [0.15, 0.2) is 0 Å². The Kier molecular flexibility index (Phi) is 4.70. The molecule has 2 rings (SSSR count). The Balaban J connectivity index is 2.15. The molecule has 19 heavy (non-hydrogen) atoms. The molecule has 0 radical (unpaired) electrons. The van der Waals surface area contributed by atoms with Gasteiger partial charge >= 0.3 is 0 Å². The number of rotatable bonds is 5. The number of hydrogen-bond donors (Lipinski definition) is 1. The van der Waals surface area contributed by atoms with Crippen LogP contribution in [0.4, 0.5) is 0 Å². The zero-order valence-corrected chi connectivity index (χ0v) is 11.9. The van der Waals surface area contributed by atoms with Crippen molar-refractivity contribution in [2.75, 3.05) is 13.2 Å². The number of fused-ring (bicyclic) bond motifs is 1. The Hall–Kier alpha value is -1.66. The van der Waals surface area contributed by atoms with Crippen molar-refractivity contribution < 1.29 is 9.47 Å². The van der Waals surface area contributed by atoms with Crippen LogP contribution in [0.3, 0.4) is 0 Å². The lowest BCUT2D eigenvalue weighted by atomic mass is 10.1. The van der Waals surface area contributed by atoms with Gasteiger partial charge in [-0.3, -0.25) is 0 Å². The van der Waals surface area contributed by atoms with Crippen LogP contribution in [-0.4, -0.2) is 19.3 Å². The third kappa shape index (κ3) is 3.42. The van der Waals surface area contributed by atoms with E-state index in [2.05, 4.69) is 36.2 Å². The summed E-state index contributed by atoms with van der Waals surface area (Å²) in [5.74, 6) is 7.82. The smallest absolute Gasteiger partial charge is 0.124 e. The van der Waals surface area contributed by atoms with Gasteiger partial charge in [-0.2, -0.15) is 0 Å². The summed E-state index contributed by atoms with van der Waals surface area (Å²) in [6.07, 6.45) is 1.23. The zero-order valence-electron chi connectivity index (χ0n) is 11.9. The molecule has 1 N–H and O–H groups in total. The molecule has 3 heteroatoms. The third-order valence-electron chi connectivity index (χ3n) is 3.08. The molecule has 1 atom stereocenters. The van der Waals surface area contributed by atoms with Crippen LogP contribution in [0.25, 0.3) is 0 Å². The highest BCUT2D eigenvalue weighted by Crippen LogP contribution is 2.35. The molecule has 0 aliphatic carbocycles. The normalized spacial score (nSPS) is 16.3. The molecule has 0 amide bonds. The van der Waals surface area contributed by atoms with Crippen molar-refractivity contribution in [2.24, 2.45) is 0 Å². The largest absolute Gasteiger partial charge is 0.494 e. The Morgan fingerprint density at radius 1 is 1.47 bits per heavy atom. The van der Waals surface area contributed by atoms with E-state index in [1.807, 2.05) is 13.8 Å². The highest BCUT2D eigenvalue weighted by Gasteiger charge is 2.21. The van der Waals surface area contributed by atoms with Gasteiger partial charge in [0.1, 0.15) is 17.6 Å². The van der Waals surface area contributed by atoms with E-state index in [0.29, 0.717) is 13.2 Å². The van der Waals surface area contributed by atoms with E-state index in [1.54, 1.807) is 0 Å². The first kappa shape index (κ1) is 13.8. The monoisotopic (exact) mass is 259 g/mol. The molecule has 1 aliphatic rings. The first-order valence-electron chi connectivity index (χ1n) is 6.80. The minimum atomic E-state index is 0.263. The zero-order chi connectivity index (χ0) is 13.7. The number of nitrogens with one attached hydrogen (secondary N) is 1. The first-order valence-corrected chi connectivity index (χ1v) is 6.80. The maximum atomic E-state index is 5.80. The lowest BCUT2D eigenvalue weighted by Gasteiger charge is -2.12. The topological polar surface area (TPSA) is 30.5 Å². The quantitative estimate of drug-likeness (QED) is 0.651. The average molecular weight is 259 g/mol. The number of ether oxygens (including phenoxy) is 2. The second-order valence-electron chi connectivity index (χ2n) is 4.66. The van der Waals surface area contributed by atoms with Gasteiger partial charge in [-0.15, -0.1) is 5.92 Å². The van der Waals surface area contributed by atoms with Crippen molar-refractivity contribution in [3.63, 3.8) is 0 Å². The predicted octanol–water partition coefficient (Wildman–Crippen LogP) is 2.52. The van der Waals surface area contributed by atoms with Crippen LogP contribution in [-0.2, 0) is 13.0 Å². The van der Waals surface area contributed by atoms with Crippen LogP contribution in [0.15, 0.2) is 12.1 Å². The van der Waals surface area contributed by atoms with Crippen LogP contribution in [0.5, 0.6) is 11.5 Å². The van der Waals surface area contributed by atoms with Gasteiger partial charge in [0, 0.05) is 24.1 Å². The molecular formula is C16H21NO2. The van der Waals surface area contributed by atoms with Crippen LogP contribution in [0, 0.1) is 11.8 Å². The highest BCUT2D eigenvalue weighted by molar-refractivity contribution is 5.48. The van der Waals surface area contributed by atoms with E-state index in [-0.39, 0.29) is 6.10 Å². The van der Waals surface area contributed by atoms with Gasteiger partial charge in [-0.25, -0.2) is 0 Å². The summed E-state index contributed by atoms with van der Waals surface area (Å²) in [5, 5.41) is 3.29. The number of hydrogen-bond acceptors (Lipinski definition) is 3. The minimum absolute atomic E-state index is 0.263. The Labute approximate surface area is 115 Å². The standard InChI is InChI=1S/C16H21NO2/c1-4-6-7-17-11-14-10-16-13(8-12(3)19-16)9-15(14)18-5-2/h9-10,12,17H,5,7-8,11H2,1-3H3. The molecule has 1 heterocycles. The molecule has 1 aromatic carbocycles. The summed E-state index contributed by atoms with van der Waals surface area (Å²) in [6.45, 7) is 8.06. The predicted molar refractivity (Wildman–Crippen MR) is 76.6 cm³/mol. The molecular weight excluding hydrogens is 238 g/mol. The molecule has 1 aliphatic heterocycles. The molecule has 0 aromatic heterocycles. The molecule has 0 fully saturated rings. The summed E-state index contributed by atoms with van der Waals surface area (Å²) in [5.41, 5.74) is 2.38. The SMILES string of the molecule is CC#CCNCc1cc2c(cc1OCC)CC(C)O2. The minimum Gasteiger partial charge on any atom is -0.494 e. The van der Waals surface area contributed by atoms with E-state index < -0.39 is 0 Å². The fraction of sp³-hybridized carbons (Fsp3) is 0.500. The second kappa shape index (κ2) is 6.49. The van der Waals surface area contributed by atoms with Gasteiger partial charge < -0.3 is 14.8 Å². The van der Waals surface area contributed by atoms with Crippen molar-refractivity contribution in [2.45, 2.75) is 39.8 Å². The Morgan fingerprint density at radius 2 is 2.32 bits per heavy atom. The lowest BCUT2D eigenvalue weighted by Crippen LogP contribution is -2.14. The van der Waals surface area contributed by atoms with E-state index in [4.69, 9.17) is 9.47 Å². The van der Waals surface area contributed by atoms with E-state index in [9.17, 15) is 0 Å². The van der Waals surface area contributed by atoms with Crippen LogP contribution < -0.4 is 14.8 Å². The Morgan fingerprint density at radius 3 is 3.05 bits per heavy atom. The number of benzene rings is 1. The second-order valence-corrected chi connectivity index (χ2v) is 4.66. The van der Waals surface area contributed by atoms with Crippen molar-refractivity contribution >= 4 is 0 Å². The molecule has 1 aromatic rings. The maximum Gasteiger partial charge on any atom is 0.124 e. The summed E-state index contributed by atoms with van der Waals surface area (Å²) in [4.78, 5) is 0. The van der Waals surface area contributed by atoms with Crippen LogP contribution >= 0.6 is 0 Å². The summed E-state index contributed by atoms with van der Waals surface area (Å²) in [6, 6.07) is 4.21. The Bertz CT molecular complexity index is 499. The molecule has 3 nitrogen and oxygen atoms in total. The molecule has 0 saturated carbocycles. The van der Waals surface area contributed by atoms with Gasteiger partial charge in [0.2, 0.25) is 0 Å². The van der Waals surface area contributed by atoms with Crippen molar-refractivity contribution in [3.05, 3.63) is 23.3 Å². The van der Waals surface area contributed by atoms with Gasteiger partial charge in [-0.05, 0) is 32.9 Å². The molecule has 1 unspecified atom stereocenters. The van der Waals surface area contributed by atoms with Crippen molar-refractivity contribution in [3.8, 4) is 23.3 Å². The van der Waals surface area contributed by atoms with Gasteiger partial charge in [0.05, 0.1) is 13.2 Å². The first-order chi connectivity index (χ1) is 9.24. The van der Waals surface area contributed by atoms with Crippen LogP contribution in [0.2, 0.25) is 0 Å². The fourth-order valence-corrected chi connectivity index (χ4v) is 2.26. The van der Waals surface area contributed by atoms with Crippen molar-refractivity contribution in [1.29, 1.82) is 0 Å². The molecule has 0 spiro atoms. The average Bonchev–Trinajstić information content (AvgIpc) is 2.74. The summed E-state index contributed by atoms with van der Waals surface area (Å²) < 4.78 is 11.5. The highest BCUT2D eigenvalue weighted by atomic mass is 16.5. The van der Waals surface area contributed by atoms with Crippen LogP contribution in [0.1, 0.15) is 31.9 Å². The molecule has 0 saturated heterocycles. The lowest BCUT2D eigenvalue weighted by molar-refractivity contribution is 0.254. The van der Waals surface area contributed by atoms with Gasteiger partial charge in [0.25, 0.3) is 0 Å². The molecule has 0 bridgehead atoms.